The first-order valence-corrected chi connectivity index (χ1v) is 8.35. The zero-order valence-corrected chi connectivity index (χ0v) is 13.2. The molecule has 6 heteroatoms. The third kappa shape index (κ3) is 2.88. The van der Waals surface area contributed by atoms with Crippen LogP contribution in [0.5, 0.6) is 0 Å². The first-order valence-electron chi connectivity index (χ1n) is 7.58. The molecule has 112 valence electrons. The average Bonchev–Trinajstić information content (AvgIpc) is 3.10. The van der Waals surface area contributed by atoms with Crippen molar-refractivity contribution in [1.29, 1.82) is 5.26 Å². The molecule has 3 rings (SSSR count). The number of hydrogen-bond donors (Lipinski definition) is 0. The van der Waals surface area contributed by atoms with Crippen LogP contribution in [0, 0.1) is 24.2 Å². The second-order valence-corrected chi connectivity index (χ2v) is 6.72. The van der Waals surface area contributed by atoms with Crippen LogP contribution in [0.15, 0.2) is 0 Å². The normalized spacial score (nSPS) is 20.1. The number of rotatable bonds is 3. The fraction of sp³-hybridized carbons (Fsp3) is 0.667. The Kier molecular flexibility index (Phi) is 4.11. The van der Waals surface area contributed by atoms with E-state index in [4.69, 9.17) is 0 Å². The summed E-state index contributed by atoms with van der Waals surface area (Å²) in [5.74, 6) is 0.879. The lowest BCUT2D eigenvalue weighted by Gasteiger charge is -2.36. The van der Waals surface area contributed by atoms with Crippen LogP contribution in [0.3, 0.4) is 0 Å². The Morgan fingerprint density at radius 2 is 2.14 bits per heavy atom. The number of amides is 1. The van der Waals surface area contributed by atoms with E-state index in [0.717, 1.165) is 30.3 Å². The van der Waals surface area contributed by atoms with Gasteiger partial charge in [0.2, 0.25) is 5.91 Å². The van der Waals surface area contributed by atoms with Crippen LogP contribution in [0.4, 0.5) is 5.00 Å². The van der Waals surface area contributed by atoms with Crippen molar-refractivity contribution in [2.45, 2.75) is 32.6 Å². The molecule has 2 aliphatic rings. The summed E-state index contributed by atoms with van der Waals surface area (Å²) < 4.78 is 4.24. The number of piperazine rings is 1. The molecular formula is C15H20N4OS. The highest BCUT2D eigenvalue weighted by molar-refractivity contribution is 7.10. The van der Waals surface area contributed by atoms with Gasteiger partial charge in [0.1, 0.15) is 16.6 Å². The van der Waals surface area contributed by atoms with E-state index in [1.165, 1.54) is 37.2 Å². The molecule has 0 unspecified atom stereocenters. The highest BCUT2D eigenvalue weighted by Gasteiger charge is 2.29. The van der Waals surface area contributed by atoms with Crippen molar-refractivity contribution in [2.24, 2.45) is 5.92 Å². The van der Waals surface area contributed by atoms with Gasteiger partial charge in [0.05, 0.1) is 12.2 Å². The molecule has 1 aromatic heterocycles. The number of nitrogens with zero attached hydrogens (tertiary/aromatic N) is 4. The summed E-state index contributed by atoms with van der Waals surface area (Å²) in [6.45, 7) is 4.70. The Balaban J connectivity index is 1.65. The van der Waals surface area contributed by atoms with Gasteiger partial charge in [0, 0.05) is 19.6 Å². The molecule has 2 heterocycles. The van der Waals surface area contributed by atoms with Gasteiger partial charge in [-0.3, -0.25) is 4.79 Å². The number of carbonyl (C=O) groups is 1. The smallest absolute Gasteiger partial charge is 0.242 e. The van der Waals surface area contributed by atoms with Crippen molar-refractivity contribution in [2.75, 3.05) is 31.1 Å². The zero-order valence-electron chi connectivity index (χ0n) is 12.3. The van der Waals surface area contributed by atoms with Crippen LogP contribution in [0.25, 0.3) is 0 Å². The Labute approximate surface area is 129 Å². The topological polar surface area (TPSA) is 60.2 Å². The van der Waals surface area contributed by atoms with Gasteiger partial charge in [0.25, 0.3) is 0 Å². The van der Waals surface area contributed by atoms with E-state index in [1.54, 1.807) is 0 Å². The summed E-state index contributed by atoms with van der Waals surface area (Å²) in [7, 11) is 0. The van der Waals surface area contributed by atoms with Crippen LogP contribution < -0.4 is 4.90 Å². The average molecular weight is 304 g/mol. The minimum absolute atomic E-state index is 0.183. The first-order chi connectivity index (χ1) is 10.2. The predicted molar refractivity (Wildman–Crippen MR) is 82.3 cm³/mol. The van der Waals surface area contributed by atoms with Crippen molar-refractivity contribution in [3.8, 4) is 6.07 Å². The molecule has 1 saturated carbocycles. The monoisotopic (exact) mass is 304 g/mol. The SMILES string of the molecule is Cc1nsc(N2CCN(CC3CCCC3)C(=O)C2)c1C#N. The van der Waals surface area contributed by atoms with Gasteiger partial charge in [-0.05, 0) is 37.2 Å². The van der Waals surface area contributed by atoms with Gasteiger partial charge in [-0.1, -0.05) is 12.8 Å². The van der Waals surface area contributed by atoms with Gasteiger partial charge in [-0.25, -0.2) is 0 Å². The zero-order chi connectivity index (χ0) is 14.8. The van der Waals surface area contributed by atoms with Crippen molar-refractivity contribution >= 4 is 22.4 Å². The van der Waals surface area contributed by atoms with Crippen LogP contribution in [0.2, 0.25) is 0 Å². The van der Waals surface area contributed by atoms with E-state index in [9.17, 15) is 10.1 Å². The highest BCUT2D eigenvalue weighted by Crippen LogP contribution is 2.30. The summed E-state index contributed by atoms with van der Waals surface area (Å²) in [6.07, 6.45) is 5.15. The number of carbonyl (C=O) groups excluding carboxylic acids is 1. The Bertz CT molecular complexity index is 571. The molecule has 1 aromatic rings. The van der Waals surface area contributed by atoms with Gasteiger partial charge < -0.3 is 9.80 Å². The number of aryl methyl sites for hydroxylation is 1. The number of aromatic nitrogens is 1. The maximum atomic E-state index is 12.4. The van der Waals surface area contributed by atoms with Gasteiger partial charge >= 0.3 is 0 Å². The van der Waals surface area contributed by atoms with Crippen molar-refractivity contribution in [1.82, 2.24) is 9.27 Å². The van der Waals surface area contributed by atoms with E-state index in [-0.39, 0.29) is 5.91 Å². The molecule has 0 bridgehead atoms. The second kappa shape index (κ2) is 6.02. The van der Waals surface area contributed by atoms with Gasteiger partial charge in [-0.15, -0.1) is 0 Å². The van der Waals surface area contributed by atoms with Crippen molar-refractivity contribution in [3.05, 3.63) is 11.3 Å². The fourth-order valence-corrected chi connectivity index (χ4v) is 4.15. The molecule has 2 fully saturated rings. The van der Waals surface area contributed by atoms with Crippen LogP contribution >= 0.6 is 11.5 Å². The Morgan fingerprint density at radius 1 is 1.38 bits per heavy atom. The molecule has 1 aliphatic carbocycles. The minimum Gasteiger partial charge on any atom is -0.350 e. The molecular weight excluding hydrogens is 284 g/mol. The molecule has 1 saturated heterocycles. The van der Waals surface area contributed by atoms with E-state index in [2.05, 4.69) is 10.4 Å². The number of nitriles is 1. The summed E-state index contributed by atoms with van der Waals surface area (Å²) in [6, 6.07) is 2.21. The largest absolute Gasteiger partial charge is 0.350 e. The third-order valence-corrected chi connectivity index (χ3v) is 5.52. The highest BCUT2D eigenvalue weighted by atomic mass is 32.1. The molecule has 1 amide bonds. The minimum atomic E-state index is 0.183. The maximum absolute atomic E-state index is 12.4. The lowest BCUT2D eigenvalue weighted by atomic mass is 10.1. The first kappa shape index (κ1) is 14.3. The molecule has 0 spiro atoms. The van der Waals surface area contributed by atoms with E-state index in [1.807, 2.05) is 16.7 Å². The molecule has 0 N–H and O–H groups in total. The van der Waals surface area contributed by atoms with Gasteiger partial charge in [-0.2, -0.15) is 9.64 Å². The lowest BCUT2D eigenvalue weighted by Crippen LogP contribution is -2.51. The van der Waals surface area contributed by atoms with Crippen molar-refractivity contribution < 1.29 is 4.79 Å². The molecule has 0 radical (unpaired) electrons. The number of hydrogen-bond acceptors (Lipinski definition) is 5. The van der Waals surface area contributed by atoms with Crippen molar-refractivity contribution in [3.63, 3.8) is 0 Å². The van der Waals surface area contributed by atoms with Crippen LogP contribution in [-0.2, 0) is 4.79 Å². The lowest BCUT2D eigenvalue weighted by molar-refractivity contribution is -0.131. The fourth-order valence-electron chi connectivity index (χ4n) is 3.28. The standard InChI is InChI=1S/C15H20N4OS/c1-11-13(8-16)15(21-17-11)19-7-6-18(14(20)10-19)9-12-4-2-3-5-12/h12H,2-7,9-10H2,1H3. The third-order valence-electron chi connectivity index (χ3n) is 4.52. The van der Waals surface area contributed by atoms with Gasteiger partial charge in [0.15, 0.2) is 0 Å². The molecule has 1 aliphatic heterocycles. The second-order valence-electron chi connectivity index (χ2n) is 5.97. The molecule has 0 aromatic carbocycles. The van der Waals surface area contributed by atoms with E-state index in [0.29, 0.717) is 18.0 Å². The molecule has 0 atom stereocenters. The summed E-state index contributed by atoms with van der Waals surface area (Å²) >= 11 is 1.33. The number of anilines is 1. The summed E-state index contributed by atoms with van der Waals surface area (Å²) in [5, 5.41) is 10.1. The predicted octanol–water partition coefficient (Wildman–Crippen LogP) is 2.16. The Hall–Kier alpha value is -1.61. The van der Waals surface area contributed by atoms with E-state index < -0.39 is 0 Å². The van der Waals surface area contributed by atoms with E-state index >= 15 is 0 Å². The Morgan fingerprint density at radius 3 is 2.81 bits per heavy atom. The summed E-state index contributed by atoms with van der Waals surface area (Å²) in [4.78, 5) is 16.4. The quantitative estimate of drug-likeness (QED) is 0.858. The maximum Gasteiger partial charge on any atom is 0.242 e. The summed E-state index contributed by atoms with van der Waals surface area (Å²) in [5.41, 5.74) is 1.38. The van der Waals surface area contributed by atoms with Crippen LogP contribution in [-0.4, -0.2) is 41.4 Å². The molecule has 21 heavy (non-hydrogen) atoms. The molecule has 5 nitrogen and oxygen atoms in total. The van der Waals surface area contributed by atoms with Crippen LogP contribution in [0.1, 0.15) is 36.9 Å².